The van der Waals surface area contributed by atoms with Gasteiger partial charge in [-0.2, -0.15) is 0 Å². The highest BCUT2D eigenvalue weighted by Crippen LogP contribution is 2.26. The SMILES string of the molecule is Cc1ccc2c(=O)cc(C(=O)N(Cc3ccc(C(C)(C)C)cc3)[C@H]3CCS(=O)(=O)C3)oc2c1. The van der Waals surface area contributed by atoms with E-state index in [4.69, 9.17) is 4.42 Å². The van der Waals surface area contributed by atoms with Crippen LogP contribution in [-0.4, -0.2) is 36.8 Å². The Morgan fingerprint density at radius 1 is 1.09 bits per heavy atom. The average Bonchev–Trinajstić information content (AvgIpc) is 3.10. The summed E-state index contributed by atoms with van der Waals surface area (Å²) in [5.74, 6) is -0.590. The van der Waals surface area contributed by atoms with E-state index in [1.165, 1.54) is 16.5 Å². The van der Waals surface area contributed by atoms with Crippen molar-refractivity contribution in [1.29, 1.82) is 0 Å². The van der Waals surface area contributed by atoms with Crippen molar-refractivity contribution in [3.8, 4) is 0 Å². The summed E-state index contributed by atoms with van der Waals surface area (Å²) in [5.41, 5.74) is 3.02. The minimum atomic E-state index is -3.21. The third-order valence-corrected chi connectivity index (χ3v) is 7.93. The molecule has 0 spiro atoms. The lowest BCUT2D eigenvalue weighted by Crippen LogP contribution is -2.41. The van der Waals surface area contributed by atoms with Gasteiger partial charge in [-0.15, -0.1) is 0 Å². The second-order valence-corrected chi connectivity index (χ2v) is 12.1. The van der Waals surface area contributed by atoms with Crippen molar-refractivity contribution in [2.24, 2.45) is 0 Å². The Hall–Kier alpha value is -2.93. The molecule has 1 aromatic heterocycles. The average molecular weight is 468 g/mol. The van der Waals surface area contributed by atoms with E-state index in [2.05, 4.69) is 20.8 Å². The Morgan fingerprint density at radius 3 is 2.39 bits per heavy atom. The van der Waals surface area contributed by atoms with E-state index in [1.54, 1.807) is 12.1 Å². The maximum Gasteiger partial charge on any atom is 0.290 e. The fourth-order valence-electron chi connectivity index (χ4n) is 4.20. The summed E-state index contributed by atoms with van der Waals surface area (Å²) in [7, 11) is -3.21. The molecule has 1 fully saturated rings. The molecule has 2 aromatic carbocycles. The fourth-order valence-corrected chi connectivity index (χ4v) is 5.93. The van der Waals surface area contributed by atoms with Gasteiger partial charge >= 0.3 is 0 Å². The zero-order valence-electron chi connectivity index (χ0n) is 19.4. The van der Waals surface area contributed by atoms with Crippen LogP contribution in [0.2, 0.25) is 0 Å². The van der Waals surface area contributed by atoms with Gasteiger partial charge in [-0.25, -0.2) is 8.42 Å². The van der Waals surface area contributed by atoms with Gasteiger partial charge < -0.3 is 9.32 Å². The maximum atomic E-state index is 13.6. The predicted octanol–water partition coefficient (Wildman–Crippen LogP) is 4.23. The van der Waals surface area contributed by atoms with E-state index in [0.29, 0.717) is 17.4 Å². The van der Waals surface area contributed by atoms with E-state index in [1.807, 2.05) is 37.3 Å². The number of hydrogen-bond donors (Lipinski definition) is 0. The van der Waals surface area contributed by atoms with Crippen LogP contribution in [0.25, 0.3) is 11.0 Å². The van der Waals surface area contributed by atoms with E-state index in [-0.39, 0.29) is 34.7 Å². The van der Waals surface area contributed by atoms with E-state index in [9.17, 15) is 18.0 Å². The summed E-state index contributed by atoms with van der Waals surface area (Å²) in [6.45, 7) is 8.50. The molecule has 0 bridgehead atoms. The van der Waals surface area contributed by atoms with Crippen LogP contribution in [0, 0.1) is 6.92 Å². The standard InChI is InChI=1S/C26H29NO5S/c1-17-5-10-21-22(28)14-24(32-23(21)13-17)25(29)27(20-11-12-33(30,31)16-20)15-18-6-8-19(9-7-18)26(2,3)4/h5-10,13-14,20H,11-12,15-16H2,1-4H3/t20-/m0/s1. The summed E-state index contributed by atoms with van der Waals surface area (Å²) in [4.78, 5) is 27.7. The van der Waals surface area contributed by atoms with Gasteiger partial charge in [0.15, 0.2) is 21.0 Å². The van der Waals surface area contributed by atoms with Crippen molar-refractivity contribution in [3.05, 3.63) is 81.2 Å². The zero-order valence-corrected chi connectivity index (χ0v) is 20.2. The Bertz CT molecular complexity index is 1360. The first-order chi connectivity index (χ1) is 15.4. The molecule has 1 atom stereocenters. The first-order valence-electron chi connectivity index (χ1n) is 11.1. The van der Waals surface area contributed by atoms with Gasteiger partial charge in [0, 0.05) is 18.7 Å². The van der Waals surface area contributed by atoms with Gasteiger partial charge in [-0.1, -0.05) is 51.1 Å². The van der Waals surface area contributed by atoms with Crippen LogP contribution in [0.1, 0.15) is 54.4 Å². The molecule has 174 valence electrons. The van der Waals surface area contributed by atoms with Gasteiger partial charge in [0.1, 0.15) is 5.58 Å². The quantitative estimate of drug-likeness (QED) is 0.573. The van der Waals surface area contributed by atoms with Crippen LogP contribution in [-0.2, 0) is 21.8 Å². The molecule has 1 amide bonds. The van der Waals surface area contributed by atoms with Crippen molar-refractivity contribution in [2.45, 2.75) is 52.1 Å². The lowest BCUT2D eigenvalue weighted by atomic mass is 9.86. The number of amides is 1. The number of rotatable bonds is 4. The molecule has 4 rings (SSSR count). The molecule has 7 heteroatoms. The molecular formula is C26H29NO5S. The molecule has 1 aliphatic rings. The Labute approximate surface area is 194 Å². The topological polar surface area (TPSA) is 84.7 Å². The summed E-state index contributed by atoms with van der Waals surface area (Å²) in [6.07, 6.45) is 0.366. The number of benzene rings is 2. The molecule has 0 N–H and O–H groups in total. The highest BCUT2D eigenvalue weighted by molar-refractivity contribution is 7.91. The van der Waals surface area contributed by atoms with Crippen LogP contribution >= 0.6 is 0 Å². The zero-order chi connectivity index (χ0) is 24.0. The summed E-state index contributed by atoms with van der Waals surface area (Å²) < 4.78 is 30.2. The number of nitrogens with zero attached hydrogens (tertiary/aromatic N) is 1. The summed E-state index contributed by atoms with van der Waals surface area (Å²) >= 11 is 0. The van der Waals surface area contributed by atoms with Gasteiger partial charge in [0.05, 0.1) is 16.9 Å². The van der Waals surface area contributed by atoms with Crippen molar-refractivity contribution in [3.63, 3.8) is 0 Å². The normalized spacial score (nSPS) is 17.9. The van der Waals surface area contributed by atoms with Crippen LogP contribution in [0.15, 0.2) is 57.7 Å². The molecule has 0 radical (unpaired) electrons. The largest absolute Gasteiger partial charge is 0.451 e. The minimum absolute atomic E-state index is 0.000199. The molecule has 0 aliphatic carbocycles. The highest BCUT2D eigenvalue weighted by Gasteiger charge is 2.36. The maximum absolute atomic E-state index is 13.6. The summed E-state index contributed by atoms with van der Waals surface area (Å²) in [5, 5.41) is 0.407. The third-order valence-electron chi connectivity index (χ3n) is 6.18. The lowest BCUT2D eigenvalue weighted by molar-refractivity contribution is 0.0648. The minimum Gasteiger partial charge on any atom is -0.451 e. The van der Waals surface area contributed by atoms with Crippen LogP contribution in [0.4, 0.5) is 0 Å². The Kier molecular flexibility index (Phi) is 5.95. The van der Waals surface area contributed by atoms with Crippen molar-refractivity contribution in [1.82, 2.24) is 4.90 Å². The van der Waals surface area contributed by atoms with Crippen LogP contribution < -0.4 is 5.43 Å². The highest BCUT2D eigenvalue weighted by atomic mass is 32.2. The van der Waals surface area contributed by atoms with Crippen molar-refractivity contribution < 1.29 is 17.6 Å². The smallest absolute Gasteiger partial charge is 0.290 e. The molecule has 6 nitrogen and oxygen atoms in total. The molecule has 1 aliphatic heterocycles. The molecular weight excluding hydrogens is 438 g/mol. The number of sulfone groups is 1. The predicted molar refractivity (Wildman–Crippen MR) is 129 cm³/mol. The first-order valence-corrected chi connectivity index (χ1v) is 12.9. The molecule has 0 unspecified atom stereocenters. The van der Waals surface area contributed by atoms with Crippen molar-refractivity contribution in [2.75, 3.05) is 11.5 Å². The second kappa shape index (κ2) is 8.45. The number of carbonyl (C=O) groups is 1. The van der Waals surface area contributed by atoms with Crippen molar-refractivity contribution >= 4 is 26.7 Å². The Morgan fingerprint density at radius 2 is 1.79 bits per heavy atom. The van der Waals surface area contributed by atoms with E-state index in [0.717, 1.165) is 11.1 Å². The molecule has 0 saturated carbocycles. The van der Waals surface area contributed by atoms with Crippen LogP contribution in [0.5, 0.6) is 0 Å². The third kappa shape index (κ3) is 5.03. The first kappa shape index (κ1) is 23.2. The summed E-state index contributed by atoms with van der Waals surface area (Å²) in [6, 6.07) is 13.9. The Balaban J connectivity index is 1.71. The number of hydrogen-bond acceptors (Lipinski definition) is 5. The van der Waals surface area contributed by atoms with Gasteiger partial charge in [-0.05, 0) is 47.6 Å². The van der Waals surface area contributed by atoms with E-state index < -0.39 is 21.8 Å². The molecule has 33 heavy (non-hydrogen) atoms. The second-order valence-electron chi connectivity index (χ2n) is 9.91. The van der Waals surface area contributed by atoms with Crippen LogP contribution in [0.3, 0.4) is 0 Å². The molecule has 3 aromatic rings. The van der Waals surface area contributed by atoms with Gasteiger partial charge in [-0.3, -0.25) is 9.59 Å². The van der Waals surface area contributed by atoms with Gasteiger partial charge in [0.25, 0.3) is 5.91 Å². The lowest BCUT2D eigenvalue weighted by Gasteiger charge is -2.28. The number of fused-ring (bicyclic) bond motifs is 1. The number of aryl methyl sites for hydroxylation is 1. The van der Waals surface area contributed by atoms with Gasteiger partial charge in [0.2, 0.25) is 0 Å². The number of carbonyl (C=O) groups excluding carboxylic acids is 1. The fraction of sp³-hybridized carbons (Fsp3) is 0.385. The molecule has 1 saturated heterocycles. The monoisotopic (exact) mass is 467 g/mol. The van der Waals surface area contributed by atoms with E-state index >= 15 is 0 Å². The molecule has 2 heterocycles.